The van der Waals surface area contributed by atoms with Crippen LogP contribution in [0.25, 0.3) is 0 Å². The molecule has 2 aromatic rings. The third-order valence-corrected chi connectivity index (χ3v) is 3.54. The van der Waals surface area contributed by atoms with Gasteiger partial charge >= 0.3 is 5.97 Å². The summed E-state index contributed by atoms with van der Waals surface area (Å²) in [6.07, 6.45) is 0.809. The molecule has 2 rings (SSSR count). The zero-order valence-corrected chi connectivity index (χ0v) is 12.4. The predicted octanol–water partition coefficient (Wildman–Crippen LogP) is 2.21. The van der Waals surface area contributed by atoms with Gasteiger partial charge < -0.3 is 9.84 Å². The number of benzene rings is 1. The van der Waals surface area contributed by atoms with Crippen LogP contribution in [0.1, 0.15) is 34.6 Å². The number of aliphatic hydroxyl groups is 1. The Balaban J connectivity index is 2.39. The zero-order valence-electron chi connectivity index (χ0n) is 11.4. The molecule has 0 spiro atoms. The summed E-state index contributed by atoms with van der Waals surface area (Å²) >= 11 is 0. The molecule has 20 heavy (non-hydrogen) atoms. The van der Waals surface area contributed by atoms with Gasteiger partial charge in [0.25, 0.3) is 0 Å². The van der Waals surface area contributed by atoms with Gasteiger partial charge in [-0.2, -0.15) is 5.10 Å². The second kappa shape index (κ2) is 6.64. The maximum atomic E-state index is 11.9. The third-order valence-electron chi connectivity index (χ3n) is 2.85. The number of carbonyl (C=O) groups is 1. The average molecular weight is 292 g/mol. The molecule has 0 amide bonds. The first kappa shape index (κ1) is 14.7. The molecule has 0 aliphatic rings. The molecule has 0 radical (unpaired) electrons. The molecule has 1 heterocycles. The minimum absolute atomic E-state index is 0.178. The van der Waals surface area contributed by atoms with E-state index in [1.165, 1.54) is 0 Å². The Morgan fingerprint density at radius 3 is 2.75 bits per heavy atom. The lowest BCUT2D eigenvalue weighted by Crippen LogP contribution is -2.11. The summed E-state index contributed by atoms with van der Waals surface area (Å²) in [5.41, 5.74) is 1.37. The van der Waals surface area contributed by atoms with E-state index >= 15 is 0 Å². The van der Waals surface area contributed by atoms with Crippen LogP contribution in [-0.2, 0) is 4.74 Å². The van der Waals surface area contributed by atoms with Crippen molar-refractivity contribution < 1.29 is 14.6 Å². The van der Waals surface area contributed by atoms with E-state index in [-0.39, 0.29) is 12.3 Å². The first-order chi connectivity index (χ1) is 9.67. The van der Waals surface area contributed by atoms with Crippen LogP contribution < -0.4 is 0 Å². The molecular weight excluding hydrogens is 275 g/mol. The van der Waals surface area contributed by atoms with Gasteiger partial charge in [-0.1, -0.05) is 30.3 Å². The maximum absolute atomic E-state index is 11.9. The highest BCUT2D eigenvalue weighted by Gasteiger charge is 2.24. The number of ether oxygens (including phenoxy) is 1. The van der Waals surface area contributed by atoms with Gasteiger partial charge in [-0.15, -0.1) is 0 Å². The molecule has 2 atom stereocenters. The van der Waals surface area contributed by atoms with Crippen LogP contribution in [0.15, 0.2) is 36.5 Å². The van der Waals surface area contributed by atoms with E-state index in [1.54, 1.807) is 17.6 Å². The summed E-state index contributed by atoms with van der Waals surface area (Å²) < 4.78 is 6.64. The SMILES string of the molecule is CCOC(=O)c1nn(PC)cc1C(O)c1ccccc1. The molecule has 5 nitrogen and oxygen atoms in total. The molecule has 0 saturated heterocycles. The Bertz CT molecular complexity index is 583. The molecular formula is C14H17N2O3P. The molecule has 1 aromatic carbocycles. The molecule has 0 bridgehead atoms. The summed E-state index contributed by atoms with van der Waals surface area (Å²) in [6, 6.07) is 9.18. The fraction of sp³-hybridized carbons (Fsp3) is 0.286. The van der Waals surface area contributed by atoms with Crippen LogP contribution >= 0.6 is 8.73 Å². The van der Waals surface area contributed by atoms with Gasteiger partial charge in [0.15, 0.2) is 5.69 Å². The van der Waals surface area contributed by atoms with Gasteiger partial charge in [-0.05, 0) is 27.9 Å². The molecule has 0 fully saturated rings. The van der Waals surface area contributed by atoms with Crippen molar-refractivity contribution in [3.63, 3.8) is 0 Å². The van der Waals surface area contributed by atoms with Gasteiger partial charge in [0.1, 0.15) is 6.10 Å². The number of nitrogens with zero attached hydrogens (tertiary/aromatic N) is 2. The first-order valence-corrected chi connectivity index (χ1v) is 7.79. The van der Waals surface area contributed by atoms with Crippen LogP contribution in [0.2, 0.25) is 0 Å². The fourth-order valence-corrected chi connectivity index (χ4v) is 2.34. The van der Waals surface area contributed by atoms with Crippen LogP contribution in [0.5, 0.6) is 0 Å². The van der Waals surface area contributed by atoms with Crippen molar-refractivity contribution in [2.24, 2.45) is 0 Å². The van der Waals surface area contributed by atoms with E-state index in [9.17, 15) is 9.90 Å². The van der Waals surface area contributed by atoms with Gasteiger partial charge in [-0.25, -0.2) is 4.79 Å². The third kappa shape index (κ3) is 3.06. The van der Waals surface area contributed by atoms with Gasteiger partial charge in [0.2, 0.25) is 0 Å². The van der Waals surface area contributed by atoms with Crippen LogP contribution in [0, 0.1) is 0 Å². The van der Waals surface area contributed by atoms with Gasteiger partial charge in [0.05, 0.1) is 6.61 Å². The molecule has 0 aliphatic carbocycles. The number of hydrogen-bond donors (Lipinski definition) is 1. The Labute approximate surface area is 119 Å². The standard InChI is InChI=1S/C14H17N2O3P/c1-3-19-14(18)12-11(9-16(15-12)20-2)13(17)10-7-5-4-6-8-10/h4-9,13,17,20H,3H2,1-2H3. The highest BCUT2D eigenvalue weighted by Crippen LogP contribution is 2.26. The van der Waals surface area contributed by atoms with Crippen molar-refractivity contribution in [1.29, 1.82) is 0 Å². The van der Waals surface area contributed by atoms with Crippen molar-refractivity contribution in [2.75, 3.05) is 13.3 Å². The second-order valence-electron chi connectivity index (χ2n) is 4.13. The number of hydrogen-bond acceptors (Lipinski definition) is 4. The summed E-state index contributed by atoms with van der Waals surface area (Å²) in [6.45, 7) is 3.96. The lowest BCUT2D eigenvalue weighted by atomic mass is 10.0. The number of aliphatic hydroxyl groups excluding tert-OH is 1. The lowest BCUT2D eigenvalue weighted by molar-refractivity contribution is 0.0514. The Kier molecular flexibility index (Phi) is 4.88. The minimum Gasteiger partial charge on any atom is -0.461 e. The number of esters is 1. The number of rotatable bonds is 5. The van der Waals surface area contributed by atoms with E-state index in [0.29, 0.717) is 14.3 Å². The van der Waals surface area contributed by atoms with Crippen molar-refractivity contribution in [3.05, 3.63) is 53.3 Å². The Morgan fingerprint density at radius 2 is 2.15 bits per heavy atom. The highest BCUT2D eigenvalue weighted by molar-refractivity contribution is 7.35. The smallest absolute Gasteiger partial charge is 0.359 e. The summed E-state index contributed by atoms with van der Waals surface area (Å²) in [4.78, 5) is 11.9. The molecule has 1 N–H and O–H groups in total. The van der Waals surface area contributed by atoms with Crippen molar-refractivity contribution in [2.45, 2.75) is 13.0 Å². The van der Waals surface area contributed by atoms with E-state index in [2.05, 4.69) is 5.10 Å². The fourth-order valence-electron chi connectivity index (χ4n) is 1.87. The average Bonchev–Trinajstić information content (AvgIpc) is 2.92. The normalized spacial score (nSPS) is 12.8. The highest BCUT2D eigenvalue weighted by atomic mass is 31.1. The quantitative estimate of drug-likeness (QED) is 0.678. The molecule has 6 heteroatoms. The van der Waals surface area contributed by atoms with Crippen molar-refractivity contribution in [1.82, 2.24) is 9.55 Å². The van der Waals surface area contributed by atoms with Crippen LogP contribution in [0.4, 0.5) is 0 Å². The van der Waals surface area contributed by atoms with Crippen molar-refractivity contribution >= 4 is 14.7 Å². The molecule has 106 valence electrons. The first-order valence-electron chi connectivity index (χ1n) is 6.34. The summed E-state index contributed by atoms with van der Waals surface area (Å²) in [5.74, 6) is -0.505. The number of carbonyl (C=O) groups excluding carboxylic acids is 1. The molecule has 2 unspecified atom stereocenters. The second-order valence-corrected chi connectivity index (χ2v) is 5.04. The van der Waals surface area contributed by atoms with E-state index in [4.69, 9.17) is 4.74 Å². The van der Waals surface area contributed by atoms with Crippen molar-refractivity contribution in [3.8, 4) is 0 Å². The lowest BCUT2D eigenvalue weighted by Gasteiger charge is -2.10. The summed E-state index contributed by atoms with van der Waals surface area (Å²) in [5, 5.41) is 14.6. The molecule has 1 aromatic heterocycles. The molecule has 0 saturated carbocycles. The largest absolute Gasteiger partial charge is 0.461 e. The minimum atomic E-state index is -0.888. The van der Waals surface area contributed by atoms with Gasteiger partial charge in [-0.3, -0.25) is 4.45 Å². The monoisotopic (exact) mass is 292 g/mol. The van der Waals surface area contributed by atoms with Crippen LogP contribution in [0.3, 0.4) is 0 Å². The Hall–Kier alpha value is -1.71. The predicted molar refractivity (Wildman–Crippen MR) is 78.3 cm³/mol. The van der Waals surface area contributed by atoms with Crippen LogP contribution in [-0.4, -0.2) is 33.9 Å². The Morgan fingerprint density at radius 1 is 1.45 bits per heavy atom. The zero-order chi connectivity index (χ0) is 14.5. The van der Waals surface area contributed by atoms with E-state index in [1.807, 2.05) is 37.0 Å². The van der Waals surface area contributed by atoms with Gasteiger partial charge in [0, 0.05) is 11.8 Å². The summed E-state index contributed by atoms with van der Waals surface area (Å²) in [7, 11) is 0.379. The molecule has 0 aliphatic heterocycles. The maximum Gasteiger partial charge on any atom is 0.359 e. The van der Waals surface area contributed by atoms with E-state index in [0.717, 1.165) is 5.56 Å². The number of aromatic nitrogens is 2. The topological polar surface area (TPSA) is 64.3 Å². The van der Waals surface area contributed by atoms with E-state index < -0.39 is 12.1 Å².